The molecule has 0 aliphatic rings. The number of hydrogen-bond donors (Lipinski definition) is 1. The molecule has 7 heteroatoms. The van der Waals surface area contributed by atoms with Crippen molar-refractivity contribution in [1.29, 1.82) is 0 Å². The standard InChI is InChI=1S/C15H29NO5S/c1-4-7-10-16(11-8-5-2,14-21-15(17)6-3)12-9-13-22(18,19)20/h6H,3-5,7-14H2,1-2H3/p+1. The molecule has 130 valence electrons. The fraction of sp³-hybridized carbons (Fsp3) is 0.800. The lowest BCUT2D eigenvalue weighted by atomic mass is 10.2. The van der Waals surface area contributed by atoms with Crippen LogP contribution in [0, 0.1) is 0 Å². The Hall–Kier alpha value is -0.920. The van der Waals surface area contributed by atoms with E-state index in [1.165, 1.54) is 0 Å². The number of esters is 1. The maximum absolute atomic E-state index is 11.4. The average molecular weight is 336 g/mol. The fourth-order valence-corrected chi connectivity index (χ4v) is 2.85. The first-order chi connectivity index (χ1) is 10.3. The monoisotopic (exact) mass is 336 g/mol. The van der Waals surface area contributed by atoms with Gasteiger partial charge in [-0.2, -0.15) is 8.42 Å². The summed E-state index contributed by atoms with van der Waals surface area (Å²) in [5, 5.41) is 0. The Bertz CT molecular complexity index is 425. The quantitative estimate of drug-likeness (QED) is 0.184. The van der Waals surface area contributed by atoms with Gasteiger partial charge in [0, 0.05) is 12.5 Å². The lowest BCUT2D eigenvalue weighted by molar-refractivity contribution is -0.944. The molecule has 0 atom stereocenters. The minimum absolute atomic E-state index is 0.219. The summed E-state index contributed by atoms with van der Waals surface area (Å²) >= 11 is 0. The summed E-state index contributed by atoms with van der Waals surface area (Å²) in [6, 6.07) is 0. The Morgan fingerprint density at radius 1 is 1.14 bits per heavy atom. The van der Waals surface area contributed by atoms with Crippen LogP contribution in [0.5, 0.6) is 0 Å². The van der Waals surface area contributed by atoms with Crippen LogP contribution in [0.15, 0.2) is 12.7 Å². The number of unbranched alkanes of at least 4 members (excludes halogenated alkanes) is 2. The zero-order valence-electron chi connectivity index (χ0n) is 13.8. The smallest absolute Gasteiger partial charge is 0.334 e. The number of carbonyl (C=O) groups excluding carboxylic acids is 1. The van der Waals surface area contributed by atoms with E-state index in [0.29, 0.717) is 17.4 Å². The Morgan fingerprint density at radius 2 is 1.64 bits per heavy atom. The van der Waals surface area contributed by atoms with Gasteiger partial charge in [-0.1, -0.05) is 33.3 Å². The number of hydrogen-bond acceptors (Lipinski definition) is 4. The summed E-state index contributed by atoms with van der Waals surface area (Å²) in [6.07, 6.45) is 5.45. The molecule has 0 spiro atoms. The molecule has 0 unspecified atom stereocenters. The molecule has 0 aromatic carbocycles. The number of rotatable bonds is 13. The predicted molar refractivity (Wildman–Crippen MR) is 86.9 cm³/mol. The van der Waals surface area contributed by atoms with Gasteiger partial charge in [0.25, 0.3) is 10.1 Å². The third kappa shape index (κ3) is 9.92. The first kappa shape index (κ1) is 21.1. The first-order valence-corrected chi connectivity index (χ1v) is 9.49. The lowest BCUT2D eigenvalue weighted by Crippen LogP contribution is -2.52. The van der Waals surface area contributed by atoms with Crippen molar-refractivity contribution in [2.45, 2.75) is 46.0 Å². The van der Waals surface area contributed by atoms with Gasteiger partial charge in [0.1, 0.15) is 0 Å². The van der Waals surface area contributed by atoms with Gasteiger partial charge in [-0.3, -0.25) is 9.04 Å². The van der Waals surface area contributed by atoms with Gasteiger partial charge in [0.2, 0.25) is 6.73 Å². The van der Waals surface area contributed by atoms with E-state index in [9.17, 15) is 13.2 Å². The van der Waals surface area contributed by atoms with Gasteiger partial charge < -0.3 is 4.74 Å². The zero-order chi connectivity index (χ0) is 17.1. The summed E-state index contributed by atoms with van der Waals surface area (Å²) < 4.78 is 36.5. The first-order valence-electron chi connectivity index (χ1n) is 7.88. The Morgan fingerprint density at radius 3 is 2.05 bits per heavy atom. The molecule has 0 bridgehead atoms. The van der Waals surface area contributed by atoms with Crippen LogP contribution < -0.4 is 0 Å². The molecule has 0 aliphatic carbocycles. The molecule has 0 radical (unpaired) electrons. The highest BCUT2D eigenvalue weighted by atomic mass is 32.2. The molecule has 0 aromatic rings. The maximum atomic E-state index is 11.4. The summed E-state index contributed by atoms with van der Waals surface area (Å²) in [4.78, 5) is 11.4. The topological polar surface area (TPSA) is 80.7 Å². The van der Waals surface area contributed by atoms with Crippen molar-refractivity contribution < 1.29 is 27.0 Å². The van der Waals surface area contributed by atoms with E-state index >= 15 is 0 Å². The Labute approximate surface area is 134 Å². The van der Waals surface area contributed by atoms with Gasteiger partial charge in [-0.15, -0.1) is 0 Å². The van der Waals surface area contributed by atoms with Gasteiger partial charge in [-0.25, -0.2) is 4.79 Å². The molecule has 0 fully saturated rings. The van der Waals surface area contributed by atoms with Crippen LogP contribution in [-0.4, -0.2) is 55.5 Å². The van der Waals surface area contributed by atoms with Crippen LogP contribution in [0.4, 0.5) is 0 Å². The van der Waals surface area contributed by atoms with Crippen molar-refractivity contribution in [2.24, 2.45) is 0 Å². The van der Waals surface area contributed by atoms with Crippen molar-refractivity contribution in [3.63, 3.8) is 0 Å². The van der Waals surface area contributed by atoms with E-state index in [4.69, 9.17) is 9.29 Å². The summed E-state index contributed by atoms with van der Waals surface area (Å²) in [5.41, 5.74) is 0. The number of quaternary nitrogens is 1. The minimum Gasteiger partial charge on any atom is -0.412 e. The van der Waals surface area contributed by atoms with Gasteiger partial charge in [0.15, 0.2) is 0 Å². The number of ether oxygens (including phenoxy) is 1. The molecule has 1 N–H and O–H groups in total. The maximum Gasteiger partial charge on any atom is 0.334 e. The van der Waals surface area contributed by atoms with E-state index < -0.39 is 16.1 Å². The Kier molecular flexibility index (Phi) is 10.3. The van der Waals surface area contributed by atoms with E-state index in [-0.39, 0.29) is 12.5 Å². The molecule has 0 rings (SSSR count). The van der Waals surface area contributed by atoms with Crippen LogP contribution in [0.2, 0.25) is 0 Å². The Balaban J connectivity index is 4.89. The van der Waals surface area contributed by atoms with Crippen LogP contribution >= 0.6 is 0 Å². The normalized spacial score (nSPS) is 12.1. The van der Waals surface area contributed by atoms with Crippen molar-refractivity contribution >= 4 is 16.1 Å². The summed E-state index contributed by atoms with van der Waals surface area (Å²) in [7, 11) is -3.96. The lowest BCUT2D eigenvalue weighted by Gasteiger charge is -2.37. The van der Waals surface area contributed by atoms with Crippen molar-refractivity contribution in [3.8, 4) is 0 Å². The molecule has 0 aliphatic heterocycles. The van der Waals surface area contributed by atoms with Crippen molar-refractivity contribution in [1.82, 2.24) is 0 Å². The summed E-state index contributed by atoms with van der Waals surface area (Å²) in [6.45, 7) is 9.99. The van der Waals surface area contributed by atoms with Gasteiger partial charge >= 0.3 is 5.97 Å². The number of nitrogens with zero attached hydrogens (tertiary/aromatic N) is 1. The fourth-order valence-electron chi connectivity index (χ4n) is 2.36. The molecular weight excluding hydrogens is 306 g/mol. The molecule has 0 saturated heterocycles. The highest BCUT2D eigenvalue weighted by Gasteiger charge is 2.28. The largest absolute Gasteiger partial charge is 0.412 e. The molecule has 0 amide bonds. The van der Waals surface area contributed by atoms with E-state index in [1.807, 2.05) is 0 Å². The molecule has 0 saturated carbocycles. The molecule has 6 nitrogen and oxygen atoms in total. The molecular formula is C15H30NO5S+. The zero-order valence-corrected chi connectivity index (χ0v) is 14.6. The second-order valence-corrected chi connectivity index (χ2v) is 7.23. The van der Waals surface area contributed by atoms with E-state index in [0.717, 1.165) is 44.8 Å². The third-order valence-electron chi connectivity index (χ3n) is 3.65. The van der Waals surface area contributed by atoms with Crippen molar-refractivity contribution in [3.05, 3.63) is 12.7 Å². The predicted octanol–water partition coefficient (Wildman–Crippen LogP) is 2.37. The van der Waals surface area contributed by atoms with Crippen LogP contribution in [0.1, 0.15) is 46.0 Å². The van der Waals surface area contributed by atoms with E-state index in [1.54, 1.807) is 0 Å². The van der Waals surface area contributed by atoms with E-state index in [2.05, 4.69) is 20.4 Å². The third-order valence-corrected chi connectivity index (χ3v) is 4.46. The molecule has 0 aromatic heterocycles. The number of carbonyl (C=O) groups is 1. The van der Waals surface area contributed by atoms with Crippen LogP contribution in [-0.2, 0) is 19.6 Å². The molecule has 22 heavy (non-hydrogen) atoms. The van der Waals surface area contributed by atoms with Gasteiger partial charge in [-0.05, 0) is 12.8 Å². The second kappa shape index (κ2) is 10.7. The highest BCUT2D eigenvalue weighted by Crippen LogP contribution is 2.15. The highest BCUT2D eigenvalue weighted by molar-refractivity contribution is 7.85. The van der Waals surface area contributed by atoms with Crippen LogP contribution in [0.3, 0.4) is 0 Å². The molecule has 0 heterocycles. The van der Waals surface area contributed by atoms with Crippen LogP contribution in [0.25, 0.3) is 0 Å². The van der Waals surface area contributed by atoms with Gasteiger partial charge in [0.05, 0.1) is 25.4 Å². The average Bonchev–Trinajstić information content (AvgIpc) is 2.46. The van der Waals surface area contributed by atoms with Crippen molar-refractivity contribution in [2.75, 3.05) is 32.1 Å². The SMILES string of the molecule is C=CC(=O)OC[N+](CCCC)(CCCC)CCCS(=O)(=O)O. The second-order valence-electron chi connectivity index (χ2n) is 5.66. The minimum atomic E-state index is -3.96. The summed E-state index contributed by atoms with van der Waals surface area (Å²) in [5.74, 6) is -0.731.